The van der Waals surface area contributed by atoms with Gasteiger partial charge in [0.1, 0.15) is 0 Å². The molecule has 3 unspecified atom stereocenters. The highest BCUT2D eigenvalue weighted by molar-refractivity contribution is 5.32. The van der Waals surface area contributed by atoms with E-state index in [-0.39, 0.29) is 0 Å². The van der Waals surface area contributed by atoms with E-state index in [9.17, 15) is 0 Å². The van der Waals surface area contributed by atoms with E-state index >= 15 is 0 Å². The summed E-state index contributed by atoms with van der Waals surface area (Å²) in [6.07, 6.45) is 6.93. The highest BCUT2D eigenvalue weighted by atomic mass is 15.0. The Balaban J connectivity index is 1.95. The fraction of sp³-hybridized carbons (Fsp3) is 0.647. The number of hydrogen-bond acceptors (Lipinski definition) is 1. The molecule has 1 heteroatoms. The molecule has 0 spiro atoms. The van der Waals surface area contributed by atoms with Gasteiger partial charge in [-0.25, -0.2) is 0 Å². The maximum atomic E-state index is 3.92. The predicted octanol–water partition coefficient (Wildman–Crippen LogP) is 4.01. The van der Waals surface area contributed by atoms with Crippen LogP contribution >= 0.6 is 0 Å². The lowest BCUT2D eigenvalue weighted by atomic mass is 9.75. The van der Waals surface area contributed by atoms with Gasteiger partial charge in [0, 0.05) is 5.54 Å². The molecule has 0 saturated heterocycles. The van der Waals surface area contributed by atoms with Crippen LogP contribution in [0.15, 0.2) is 24.3 Å². The van der Waals surface area contributed by atoms with Gasteiger partial charge in [-0.3, -0.25) is 0 Å². The largest absolute Gasteiger partial charge is 0.307 e. The van der Waals surface area contributed by atoms with E-state index in [4.69, 9.17) is 0 Å². The van der Waals surface area contributed by atoms with Crippen LogP contribution in [0.1, 0.15) is 50.2 Å². The second-order valence-electron chi connectivity index (χ2n) is 6.35. The Hall–Kier alpha value is -0.820. The molecule has 2 fully saturated rings. The average Bonchev–Trinajstić information content (AvgIpc) is 2.97. The van der Waals surface area contributed by atoms with Gasteiger partial charge in [0.25, 0.3) is 0 Å². The van der Waals surface area contributed by atoms with E-state index in [0.717, 1.165) is 18.4 Å². The van der Waals surface area contributed by atoms with Crippen LogP contribution in [0.25, 0.3) is 0 Å². The Bertz CT molecular complexity index is 425. The van der Waals surface area contributed by atoms with Crippen LogP contribution in [0.5, 0.6) is 0 Å². The normalized spacial score (nSPS) is 34.1. The summed E-state index contributed by atoms with van der Waals surface area (Å²) in [7, 11) is 0. The van der Waals surface area contributed by atoms with Crippen molar-refractivity contribution in [2.24, 2.45) is 11.8 Å². The van der Waals surface area contributed by atoms with Crippen molar-refractivity contribution in [3.63, 3.8) is 0 Å². The minimum Gasteiger partial charge on any atom is -0.307 e. The summed E-state index contributed by atoms with van der Waals surface area (Å²) >= 11 is 0. The summed E-state index contributed by atoms with van der Waals surface area (Å²) in [5.41, 5.74) is 3.24. The molecule has 0 radical (unpaired) electrons. The van der Waals surface area contributed by atoms with Gasteiger partial charge in [-0.2, -0.15) is 0 Å². The summed E-state index contributed by atoms with van der Waals surface area (Å²) in [5.74, 6) is 1.84. The second-order valence-corrected chi connectivity index (χ2v) is 6.35. The Morgan fingerprint density at radius 1 is 1.33 bits per heavy atom. The molecule has 18 heavy (non-hydrogen) atoms. The number of nitrogens with one attached hydrogen (secondary N) is 1. The number of hydrogen-bond donors (Lipinski definition) is 1. The molecule has 1 aromatic rings. The SMILES string of the molecule is CCCNC1(c2cccc(C)c2)CC2CCC1C2. The molecule has 1 aromatic carbocycles. The summed E-state index contributed by atoms with van der Waals surface area (Å²) in [6.45, 7) is 5.63. The Labute approximate surface area is 111 Å². The maximum absolute atomic E-state index is 3.92. The van der Waals surface area contributed by atoms with Crippen LogP contribution in [0.4, 0.5) is 0 Å². The van der Waals surface area contributed by atoms with Crippen molar-refractivity contribution in [1.29, 1.82) is 0 Å². The first-order chi connectivity index (χ1) is 8.74. The lowest BCUT2D eigenvalue weighted by Crippen LogP contribution is -2.47. The molecule has 1 nitrogen and oxygen atoms in total. The summed E-state index contributed by atoms with van der Waals surface area (Å²) < 4.78 is 0. The summed E-state index contributed by atoms with van der Waals surface area (Å²) in [4.78, 5) is 0. The monoisotopic (exact) mass is 243 g/mol. The Morgan fingerprint density at radius 3 is 2.83 bits per heavy atom. The molecular formula is C17H25N. The van der Waals surface area contributed by atoms with Gasteiger partial charge in [-0.1, -0.05) is 43.2 Å². The van der Waals surface area contributed by atoms with Gasteiger partial charge in [0.2, 0.25) is 0 Å². The topological polar surface area (TPSA) is 12.0 Å². The number of fused-ring (bicyclic) bond motifs is 2. The maximum Gasteiger partial charge on any atom is 0.0466 e. The first-order valence-electron chi connectivity index (χ1n) is 7.57. The summed E-state index contributed by atoms with van der Waals surface area (Å²) in [6, 6.07) is 9.19. The van der Waals surface area contributed by atoms with E-state index in [2.05, 4.69) is 43.4 Å². The zero-order valence-electron chi connectivity index (χ0n) is 11.7. The van der Waals surface area contributed by atoms with Crippen LogP contribution < -0.4 is 5.32 Å². The van der Waals surface area contributed by atoms with Crippen molar-refractivity contribution in [3.05, 3.63) is 35.4 Å². The third-order valence-corrected chi connectivity index (χ3v) is 5.07. The van der Waals surface area contributed by atoms with Crippen molar-refractivity contribution in [2.75, 3.05) is 6.54 Å². The predicted molar refractivity (Wildman–Crippen MR) is 76.6 cm³/mol. The number of aryl methyl sites for hydroxylation is 1. The van der Waals surface area contributed by atoms with Crippen molar-refractivity contribution in [2.45, 2.75) is 51.5 Å². The van der Waals surface area contributed by atoms with Gasteiger partial charge in [0.15, 0.2) is 0 Å². The minimum absolute atomic E-state index is 0.297. The van der Waals surface area contributed by atoms with Crippen LogP contribution in [0.3, 0.4) is 0 Å². The summed E-state index contributed by atoms with van der Waals surface area (Å²) in [5, 5.41) is 3.92. The van der Waals surface area contributed by atoms with E-state index < -0.39 is 0 Å². The molecule has 0 amide bonds. The zero-order chi connectivity index (χ0) is 12.6. The van der Waals surface area contributed by atoms with Crippen LogP contribution in [-0.4, -0.2) is 6.54 Å². The molecule has 2 aliphatic carbocycles. The quantitative estimate of drug-likeness (QED) is 0.842. The third-order valence-electron chi connectivity index (χ3n) is 5.07. The van der Waals surface area contributed by atoms with Gasteiger partial charge >= 0.3 is 0 Å². The van der Waals surface area contributed by atoms with E-state index in [0.29, 0.717) is 5.54 Å². The van der Waals surface area contributed by atoms with Crippen molar-refractivity contribution in [3.8, 4) is 0 Å². The minimum atomic E-state index is 0.297. The highest BCUT2D eigenvalue weighted by Gasteiger charge is 2.51. The number of benzene rings is 1. The van der Waals surface area contributed by atoms with Gasteiger partial charge < -0.3 is 5.32 Å². The zero-order valence-corrected chi connectivity index (χ0v) is 11.7. The molecule has 3 atom stereocenters. The second kappa shape index (κ2) is 4.70. The molecule has 3 rings (SSSR count). The standard InChI is InChI=1S/C17H25N/c1-3-9-18-17(12-14-7-8-16(17)11-14)15-6-4-5-13(2)10-15/h4-6,10,14,16,18H,3,7-9,11-12H2,1-2H3. The Morgan fingerprint density at radius 2 is 2.22 bits per heavy atom. The first kappa shape index (κ1) is 12.2. The lowest BCUT2D eigenvalue weighted by Gasteiger charge is -2.40. The van der Waals surface area contributed by atoms with Crippen LogP contribution in [0, 0.1) is 18.8 Å². The molecule has 98 valence electrons. The number of rotatable bonds is 4. The molecule has 0 aromatic heterocycles. The molecule has 2 bridgehead atoms. The molecule has 1 N–H and O–H groups in total. The molecule has 2 saturated carbocycles. The molecule has 2 aliphatic rings. The van der Waals surface area contributed by atoms with Gasteiger partial charge in [-0.05, 0) is 56.6 Å². The van der Waals surface area contributed by atoms with Crippen LogP contribution in [-0.2, 0) is 5.54 Å². The van der Waals surface area contributed by atoms with Gasteiger partial charge in [0.05, 0.1) is 0 Å². The van der Waals surface area contributed by atoms with E-state index in [1.165, 1.54) is 37.7 Å². The molecule has 0 heterocycles. The average molecular weight is 243 g/mol. The van der Waals surface area contributed by atoms with E-state index in [1.807, 2.05) is 0 Å². The fourth-order valence-electron chi connectivity index (χ4n) is 4.27. The third kappa shape index (κ3) is 1.89. The van der Waals surface area contributed by atoms with Crippen molar-refractivity contribution >= 4 is 0 Å². The highest BCUT2D eigenvalue weighted by Crippen LogP contribution is 2.55. The van der Waals surface area contributed by atoms with E-state index in [1.54, 1.807) is 5.56 Å². The Kier molecular flexibility index (Phi) is 3.19. The van der Waals surface area contributed by atoms with Crippen molar-refractivity contribution in [1.82, 2.24) is 5.32 Å². The van der Waals surface area contributed by atoms with Crippen molar-refractivity contribution < 1.29 is 0 Å². The smallest absolute Gasteiger partial charge is 0.0466 e. The van der Waals surface area contributed by atoms with Gasteiger partial charge in [-0.15, -0.1) is 0 Å². The lowest BCUT2D eigenvalue weighted by molar-refractivity contribution is 0.210. The fourth-order valence-corrected chi connectivity index (χ4v) is 4.27. The molecular weight excluding hydrogens is 218 g/mol. The molecule has 0 aliphatic heterocycles. The van der Waals surface area contributed by atoms with Crippen LogP contribution in [0.2, 0.25) is 0 Å². The first-order valence-corrected chi connectivity index (χ1v) is 7.57.